The van der Waals surface area contributed by atoms with Gasteiger partial charge in [0.1, 0.15) is 0 Å². The lowest BCUT2D eigenvalue weighted by Crippen LogP contribution is -2.37. The van der Waals surface area contributed by atoms with Crippen LogP contribution in [0.25, 0.3) is 0 Å². The zero-order valence-electron chi connectivity index (χ0n) is 12.1. The quantitative estimate of drug-likeness (QED) is 0.868. The number of nitrogens with one attached hydrogen (secondary N) is 1. The van der Waals surface area contributed by atoms with Gasteiger partial charge in [-0.15, -0.1) is 0 Å². The van der Waals surface area contributed by atoms with Gasteiger partial charge in [0.15, 0.2) is 5.78 Å². The molecule has 5 heteroatoms. The highest BCUT2D eigenvalue weighted by Gasteiger charge is 2.32. The van der Waals surface area contributed by atoms with E-state index in [9.17, 15) is 13.2 Å². The van der Waals surface area contributed by atoms with Gasteiger partial charge >= 0.3 is 0 Å². The van der Waals surface area contributed by atoms with E-state index in [1.54, 1.807) is 12.1 Å². The molecule has 0 amide bonds. The molecule has 0 aliphatic heterocycles. The molecule has 2 rings (SSSR count). The molecule has 0 aromatic heterocycles. The van der Waals surface area contributed by atoms with Crippen LogP contribution in [0.2, 0.25) is 0 Å². The van der Waals surface area contributed by atoms with Crippen molar-refractivity contribution in [3.63, 3.8) is 0 Å². The van der Waals surface area contributed by atoms with Crippen LogP contribution in [0.3, 0.4) is 0 Å². The monoisotopic (exact) mass is 295 g/mol. The molecule has 1 saturated carbocycles. The minimum atomic E-state index is -3.50. The number of carbonyl (C=O) groups is 1. The normalized spacial score (nSPS) is 26.6. The van der Waals surface area contributed by atoms with Crippen molar-refractivity contribution in [1.29, 1.82) is 0 Å². The summed E-state index contributed by atoms with van der Waals surface area (Å²) in [5.41, 5.74) is 0.520. The maximum atomic E-state index is 12.3. The zero-order valence-corrected chi connectivity index (χ0v) is 12.9. The summed E-state index contributed by atoms with van der Waals surface area (Å²) in [5, 5.41) is 0. The number of Topliss-reactive ketones (excluding diaryl/α,β-unsaturated/α-hetero) is 1. The van der Waals surface area contributed by atoms with Crippen LogP contribution >= 0.6 is 0 Å². The lowest BCUT2D eigenvalue weighted by atomic mass is 9.98. The van der Waals surface area contributed by atoms with Gasteiger partial charge in [-0.2, -0.15) is 0 Å². The minimum Gasteiger partial charge on any atom is -0.295 e. The smallest absolute Gasteiger partial charge is 0.240 e. The van der Waals surface area contributed by atoms with Crippen LogP contribution in [-0.2, 0) is 10.0 Å². The molecule has 0 radical (unpaired) electrons. The number of rotatable bonds is 4. The minimum absolute atomic E-state index is 0.00230. The third-order valence-corrected chi connectivity index (χ3v) is 5.85. The highest BCUT2D eigenvalue weighted by Crippen LogP contribution is 2.32. The maximum Gasteiger partial charge on any atom is 0.240 e. The Kier molecular flexibility index (Phi) is 4.30. The molecule has 1 aromatic carbocycles. The highest BCUT2D eigenvalue weighted by molar-refractivity contribution is 7.89. The molecule has 0 heterocycles. The van der Waals surface area contributed by atoms with Crippen LogP contribution in [0, 0.1) is 11.8 Å². The Balaban J connectivity index is 2.16. The van der Waals surface area contributed by atoms with E-state index in [4.69, 9.17) is 0 Å². The van der Waals surface area contributed by atoms with Crippen LogP contribution in [-0.4, -0.2) is 20.2 Å². The van der Waals surface area contributed by atoms with E-state index in [2.05, 4.69) is 18.6 Å². The first kappa shape index (κ1) is 15.2. The van der Waals surface area contributed by atoms with Crippen LogP contribution in [0.5, 0.6) is 0 Å². The van der Waals surface area contributed by atoms with Crippen LogP contribution in [0.1, 0.15) is 44.0 Å². The van der Waals surface area contributed by atoms with Crippen molar-refractivity contribution in [2.24, 2.45) is 11.8 Å². The summed E-state index contributed by atoms with van der Waals surface area (Å²) < 4.78 is 27.4. The summed E-state index contributed by atoms with van der Waals surface area (Å²) in [6, 6.07) is 6.09. The Morgan fingerprint density at radius 3 is 2.20 bits per heavy atom. The van der Waals surface area contributed by atoms with E-state index in [-0.39, 0.29) is 16.7 Å². The average molecular weight is 295 g/mol. The van der Waals surface area contributed by atoms with E-state index in [0.29, 0.717) is 17.4 Å². The van der Waals surface area contributed by atoms with Gasteiger partial charge in [0.05, 0.1) is 4.90 Å². The van der Waals surface area contributed by atoms with Crippen molar-refractivity contribution in [2.75, 3.05) is 0 Å². The standard InChI is InChI=1S/C15H21NO3S/c1-10-4-9-15(11(10)2)16-20(18,19)14-7-5-13(6-8-14)12(3)17/h5-8,10-11,15-16H,4,9H2,1-3H3. The van der Waals surface area contributed by atoms with E-state index in [0.717, 1.165) is 12.8 Å². The van der Waals surface area contributed by atoms with Gasteiger partial charge in [0.25, 0.3) is 0 Å². The lowest BCUT2D eigenvalue weighted by molar-refractivity contribution is 0.101. The number of hydrogen-bond acceptors (Lipinski definition) is 3. The number of sulfonamides is 1. The number of carbonyl (C=O) groups excluding carboxylic acids is 1. The molecular formula is C15H21NO3S. The molecule has 3 atom stereocenters. The van der Waals surface area contributed by atoms with Gasteiger partial charge in [-0.05, 0) is 43.7 Å². The number of benzene rings is 1. The summed E-state index contributed by atoms with van der Waals surface area (Å²) in [5.74, 6) is 0.823. The van der Waals surface area contributed by atoms with Crippen molar-refractivity contribution in [3.8, 4) is 0 Å². The molecule has 3 unspecified atom stereocenters. The Labute approximate surface area is 120 Å². The lowest BCUT2D eigenvalue weighted by Gasteiger charge is -2.19. The van der Waals surface area contributed by atoms with Crippen molar-refractivity contribution in [3.05, 3.63) is 29.8 Å². The fourth-order valence-electron chi connectivity index (χ4n) is 2.67. The summed E-state index contributed by atoms with van der Waals surface area (Å²) in [7, 11) is -3.50. The molecule has 1 N–H and O–H groups in total. The second-order valence-corrected chi connectivity index (χ2v) is 7.44. The van der Waals surface area contributed by atoms with Crippen LogP contribution in [0.4, 0.5) is 0 Å². The van der Waals surface area contributed by atoms with Crippen molar-refractivity contribution >= 4 is 15.8 Å². The molecular weight excluding hydrogens is 274 g/mol. The molecule has 0 saturated heterocycles. The first-order valence-corrected chi connectivity index (χ1v) is 8.43. The molecule has 1 aromatic rings. The maximum absolute atomic E-state index is 12.3. The third kappa shape index (κ3) is 3.10. The van der Waals surface area contributed by atoms with E-state index in [1.165, 1.54) is 19.1 Å². The Bertz CT molecular complexity index is 592. The molecule has 1 fully saturated rings. The van der Waals surface area contributed by atoms with E-state index in [1.807, 2.05) is 0 Å². The van der Waals surface area contributed by atoms with Gasteiger partial charge in [0, 0.05) is 11.6 Å². The molecule has 1 aliphatic carbocycles. The van der Waals surface area contributed by atoms with Crippen LogP contribution < -0.4 is 4.72 Å². The molecule has 20 heavy (non-hydrogen) atoms. The molecule has 1 aliphatic rings. The number of hydrogen-bond donors (Lipinski definition) is 1. The summed E-state index contributed by atoms with van der Waals surface area (Å²) in [6.45, 7) is 5.70. The predicted molar refractivity (Wildman–Crippen MR) is 78.1 cm³/mol. The van der Waals surface area contributed by atoms with Gasteiger partial charge < -0.3 is 0 Å². The topological polar surface area (TPSA) is 63.2 Å². The van der Waals surface area contributed by atoms with Crippen LogP contribution in [0.15, 0.2) is 29.2 Å². The Morgan fingerprint density at radius 1 is 1.15 bits per heavy atom. The highest BCUT2D eigenvalue weighted by atomic mass is 32.2. The van der Waals surface area contributed by atoms with Gasteiger partial charge in [-0.3, -0.25) is 4.79 Å². The van der Waals surface area contributed by atoms with Crippen molar-refractivity contribution in [2.45, 2.75) is 44.6 Å². The van der Waals surface area contributed by atoms with Gasteiger partial charge in [-0.25, -0.2) is 13.1 Å². The molecule has 0 spiro atoms. The second-order valence-electron chi connectivity index (χ2n) is 5.72. The molecule has 0 bridgehead atoms. The third-order valence-electron chi connectivity index (χ3n) is 4.34. The summed E-state index contributed by atoms with van der Waals surface area (Å²) in [6.07, 6.45) is 1.94. The Hall–Kier alpha value is -1.20. The Morgan fingerprint density at radius 2 is 1.75 bits per heavy atom. The largest absolute Gasteiger partial charge is 0.295 e. The molecule has 4 nitrogen and oxygen atoms in total. The SMILES string of the molecule is CC(=O)c1ccc(S(=O)(=O)NC2CCC(C)C2C)cc1. The van der Waals surface area contributed by atoms with Gasteiger partial charge in [0.2, 0.25) is 10.0 Å². The zero-order chi connectivity index (χ0) is 14.9. The van der Waals surface area contributed by atoms with Crippen molar-refractivity contribution in [1.82, 2.24) is 4.72 Å². The average Bonchev–Trinajstić information content (AvgIpc) is 2.70. The van der Waals surface area contributed by atoms with Crippen molar-refractivity contribution < 1.29 is 13.2 Å². The first-order valence-electron chi connectivity index (χ1n) is 6.94. The first-order chi connectivity index (χ1) is 9.31. The van der Waals surface area contributed by atoms with E-state index >= 15 is 0 Å². The fourth-order valence-corrected chi connectivity index (χ4v) is 4.03. The van der Waals surface area contributed by atoms with E-state index < -0.39 is 10.0 Å². The van der Waals surface area contributed by atoms with Gasteiger partial charge in [-0.1, -0.05) is 26.0 Å². The predicted octanol–water partition coefficient (Wildman–Crippen LogP) is 2.60. The summed E-state index contributed by atoms with van der Waals surface area (Å²) in [4.78, 5) is 11.4. The number of ketones is 1. The fraction of sp³-hybridized carbons (Fsp3) is 0.533. The summed E-state index contributed by atoms with van der Waals surface area (Å²) >= 11 is 0. The molecule has 110 valence electrons. The second kappa shape index (κ2) is 5.66.